The van der Waals surface area contributed by atoms with E-state index in [9.17, 15) is 14.4 Å². The highest BCUT2D eigenvalue weighted by Crippen LogP contribution is 2.29. The molecule has 0 atom stereocenters. The molecule has 0 saturated carbocycles. The summed E-state index contributed by atoms with van der Waals surface area (Å²) in [5, 5.41) is 0. The second kappa shape index (κ2) is 23.9. The summed E-state index contributed by atoms with van der Waals surface area (Å²) in [5.74, 6) is 3.33. The highest BCUT2D eigenvalue weighted by Gasteiger charge is 2.10. The number of aromatic nitrogens is 4. The molecule has 9 nitrogen and oxygen atoms in total. The Morgan fingerprint density at radius 3 is 1.03 bits per heavy atom. The second-order valence-corrected chi connectivity index (χ2v) is 15.2. The Balaban J connectivity index is 0.000000188. The summed E-state index contributed by atoms with van der Waals surface area (Å²) < 4.78 is 26.1. The Morgan fingerprint density at radius 1 is 0.397 bits per heavy atom. The molecule has 0 radical (unpaired) electrons. The molecule has 0 aliphatic heterocycles. The van der Waals surface area contributed by atoms with Crippen LogP contribution >= 0.6 is 7.60 Å². The van der Waals surface area contributed by atoms with Gasteiger partial charge in [0.2, 0.25) is 11.4 Å². The fraction of sp³-hybridized carbons (Fsp3) is 0.0196. The summed E-state index contributed by atoms with van der Waals surface area (Å²) >= 11 is 0. The molecule has 0 spiro atoms. The monoisotopic (exact) mass is 892 g/mol. The van der Waals surface area contributed by atoms with Gasteiger partial charge in [-0.2, -0.15) is 9.13 Å². The molecule has 12 heteroatoms. The molecule has 316 valence electrons. The Labute approximate surface area is 379 Å². The van der Waals surface area contributed by atoms with Crippen molar-refractivity contribution in [2.24, 2.45) is 0 Å². The van der Waals surface area contributed by atoms with Crippen molar-refractivity contribution in [2.45, 2.75) is 6.16 Å². The van der Waals surface area contributed by atoms with Gasteiger partial charge in [0.05, 0.1) is 0 Å². The van der Waals surface area contributed by atoms with Crippen LogP contribution in [0.4, 0.5) is 0 Å². The lowest BCUT2D eigenvalue weighted by atomic mass is 10.1. The van der Waals surface area contributed by atoms with Crippen molar-refractivity contribution in [1.29, 1.82) is 0 Å². The number of H-pyrrole nitrogens is 2. The smallest absolute Gasteiger partial charge is 0.210 e. The van der Waals surface area contributed by atoms with Gasteiger partial charge < -0.3 is 48.6 Å². The first-order chi connectivity index (χ1) is 29.8. The molecule has 0 aliphatic rings. The minimum atomic E-state index is -4.39. The quantitative estimate of drug-likeness (QED) is 0.155. The second-order valence-electron chi connectivity index (χ2n) is 13.6. The Kier molecular flexibility index (Phi) is 17.8. The minimum absolute atomic E-state index is 0. The molecule has 5 aromatic carbocycles. The number of para-hydroxylation sites is 2. The van der Waals surface area contributed by atoms with Gasteiger partial charge in [-0.25, -0.2) is 9.97 Å². The van der Waals surface area contributed by atoms with E-state index in [2.05, 4.69) is 117 Å². The van der Waals surface area contributed by atoms with Gasteiger partial charge in [-0.1, -0.05) is 74.3 Å². The summed E-state index contributed by atoms with van der Waals surface area (Å²) in [4.78, 5) is 26.6. The number of ether oxygens (including phenoxy) is 2. The SMILES string of the molecule is O=P([O-])([O-])Cc1ccccc1.[Cl-].[Cl-].c1ccc(Oc2ccc(-[n+]3ccc(-c4cc[nH+]cc4)cc3)cc2)cc1.c1ccc(Oc2ccc(-[n+]3ccc(-c4cc[nH+]cc4)cc3)cc2)cc1. The molecule has 0 saturated heterocycles. The van der Waals surface area contributed by atoms with Gasteiger partial charge in [-0.3, -0.25) is 0 Å². The van der Waals surface area contributed by atoms with Crippen LogP contribution in [-0.4, -0.2) is 0 Å². The molecule has 0 fully saturated rings. The van der Waals surface area contributed by atoms with E-state index >= 15 is 0 Å². The van der Waals surface area contributed by atoms with Crippen LogP contribution in [-0.2, 0) is 10.7 Å². The molecular weight excluding hydrogens is 850 g/mol. The minimum Gasteiger partial charge on any atom is -1.00 e. The zero-order valence-corrected chi connectivity index (χ0v) is 36.3. The van der Waals surface area contributed by atoms with Crippen LogP contribution in [0.25, 0.3) is 33.6 Å². The number of rotatable bonds is 10. The van der Waals surface area contributed by atoms with Crippen molar-refractivity contribution < 1.29 is 67.7 Å². The first kappa shape index (κ1) is 47.1. The third-order valence-electron chi connectivity index (χ3n) is 9.21. The molecule has 9 rings (SSSR count). The van der Waals surface area contributed by atoms with Crippen molar-refractivity contribution in [3.05, 3.63) is 243 Å². The molecule has 2 N–H and O–H groups in total. The molecule has 4 heterocycles. The van der Waals surface area contributed by atoms with Crippen molar-refractivity contribution in [2.75, 3.05) is 0 Å². The highest BCUT2D eigenvalue weighted by molar-refractivity contribution is 7.47. The fourth-order valence-electron chi connectivity index (χ4n) is 6.17. The van der Waals surface area contributed by atoms with E-state index in [4.69, 9.17) is 9.47 Å². The molecule has 63 heavy (non-hydrogen) atoms. The lowest BCUT2D eigenvalue weighted by Gasteiger charge is -2.29. The molecule has 0 aliphatic carbocycles. The van der Waals surface area contributed by atoms with Crippen molar-refractivity contribution in [3.63, 3.8) is 0 Å². The lowest BCUT2D eigenvalue weighted by Crippen LogP contribution is -3.00. The van der Waals surface area contributed by atoms with E-state index in [1.807, 2.05) is 110 Å². The van der Waals surface area contributed by atoms with Gasteiger partial charge in [0.15, 0.2) is 49.6 Å². The van der Waals surface area contributed by atoms with E-state index in [1.165, 1.54) is 22.3 Å². The standard InChI is InChI=1S/2C22H17N2O.C7H9O3P.2ClH/c2*1-2-4-21(5-3-1)25-22-8-6-20(7-9-22)24-16-12-19(13-17-24)18-10-14-23-15-11-18;8-11(9,10)6-7-4-2-1-3-5-7;;/h2*1-17H;1-5H,6H2,(H2,8,9,10);2*1H/q2*+1;;;/p-2. The first-order valence-corrected chi connectivity index (χ1v) is 21.2. The number of hydrogen-bond acceptors (Lipinski definition) is 5. The Bertz CT molecular complexity index is 2560. The van der Waals surface area contributed by atoms with Gasteiger partial charge in [-0.05, 0) is 76.3 Å². The van der Waals surface area contributed by atoms with Crippen LogP contribution in [0, 0.1) is 0 Å². The lowest BCUT2D eigenvalue weighted by molar-refractivity contribution is -0.595. The number of aromatic amines is 2. The molecule has 0 unspecified atom stereocenters. The normalized spacial score (nSPS) is 10.3. The van der Waals surface area contributed by atoms with Crippen molar-refractivity contribution in [1.82, 2.24) is 0 Å². The van der Waals surface area contributed by atoms with E-state index in [1.54, 1.807) is 30.3 Å². The van der Waals surface area contributed by atoms with E-state index in [-0.39, 0.29) is 24.8 Å². The number of nitrogens with zero attached hydrogens (tertiary/aromatic N) is 2. The molecule has 4 aromatic heterocycles. The maximum absolute atomic E-state index is 10.3. The Hall–Kier alpha value is -6.97. The van der Waals surface area contributed by atoms with Crippen LogP contribution in [0.2, 0.25) is 0 Å². The van der Waals surface area contributed by atoms with Gasteiger partial charge in [0, 0.05) is 79.0 Å². The van der Waals surface area contributed by atoms with Gasteiger partial charge in [-0.15, -0.1) is 0 Å². The average molecular weight is 894 g/mol. The number of halogens is 2. The maximum Gasteiger partial charge on any atom is 0.210 e. The number of hydrogen-bond donors (Lipinski definition) is 0. The summed E-state index contributed by atoms with van der Waals surface area (Å²) in [6, 6.07) is 60.8. The number of pyridine rings is 4. The highest BCUT2D eigenvalue weighted by atomic mass is 35.5. The van der Waals surface area contributed by atoms with Crippen LogP contribution in [0.15, 0.2) is 238 Å². The topological polar surface area (TPSA) is 118 Å². The summed E-state index contributed by atoms with van der Waals surface area (Å²) in [6.45, 7) is 0. The largest absolute Gasteiger partial charge is 1.00 e. The molecular formula is C51H43Cl2N4O5P. The summed E-state index contributed by atoms with van der Waals surface area (Å²) in [7, 11) is -4.39. The number of benzene rings is 5. The Morgan fingerprint density at radius 2 is 0.698 bits per heavy atom. The third-order valence-corrected chi connectivity index (χ3v) is 9.96. The van der Waals surface area contributed by atoms with E-state index < -0.39 is 13.8 Å². The predicted molar refractivity (Wildman–Crippen MR) is 231 cm³/mol. The van der Waals surface area contributed by atoms with Gasteiger partial charge in [0.1, 0.15) is 23.0 Å². The van der Waals surface area contributed by atoms with Gasteiger partial charge in [0.25, 0.3) is 0 Å². The zero-order valence-electron chi connectivity index (χ0n) is 33.9. The summed E-state index contributed by atoms with van der Waals surface area (Å²) in [5.41, 5.74) is 7.49. The molecule has 0 amide bonds. The van der Waals surface area contributed by atoms with Crippen LogP contribution in [0.3, 0.4) is 0 Å². The molecule has 0 bridgehead atoms. The van der Waals surface area contributed by atoms with Crippen molar-refractivity contribution in [3.8, 4) is 56.6 Å². The number of nitrogens with one attached hydrogen (secondary N) is 2. The maximum atomic E-state index is 10.3. The van der Waals surface area contributed by atoms with Crippen LogP contribution in [0.1, 0.15) is 5.56 Å². The van der Waals surface area contributed by atoms with E-state index in [0.29, 0.717) is 5.56 Å². The van der Waals surface area contributed by atoms with Crippen LogP contribution in [0.5, 0.6) is 23.0 Å². The summed E-state index contributed by atoms with van der Waals surface area (Å²) in [6.07, 6.45) is 15.6. The third kappa shape index (κ3) is 14.9. The first-order valence-electron chi connectivity index (χ1n) is 19.5. The average Bonchev–Trinajstić information content (AvgIpc) is 3.31. The van der Waals surface area contributed by atoms with E-state index in [0.717, 1.165) is 34.4 Å². The predicted octanol–water partition coefficient (Wildman–Crippen LogP) is 2.58. The van der Waals surface area contributed by atoms with Crippen molar-refractivity contribution >= 4 is 7.60 Å². The fourth-order valence-corrected chi connectivity index (χ4v) is 6.83. The van der Waals surface area contributed by atoms with Crippen LogP contribution < -0.4 is 63.2 Å². The van der Waals surface area contributed by atoms with Gasteiger partial charge >= 0.3 is 0 Å². The molecule has 9 aromatic rings. The zero-order chi connectivity index (χ0) is 42.1.